The standard InChI is InChI=1S/C7H6N2O6S/c10-7(11)5-2-1-3-6(4-5)16(14,15)8-9(12)13/h1-4,8H,(H,10,11). The molecule has 0 fully saturated rings. The summed E-state index contributed by atoms with van der Waals surface area (Å²) in [6.07, 6.45) is 0. The van der Waals surface area contributed by atoms with Crippen molar-refractivity contribution >= 4 is 16.0 Å². The molecule has 0 aliphatic rings. The van der Waals surface area contributed by atoms with Crippen molar-refractivity contribution in [2.75, 3.05) is 0 Å². The number of carbonyl (C=O) groups is 1. The molecule has 0 aliphatic carbocycles. The van der Waals surface area contributed by atoms with Gasteiger partial charge in [-0.3, -0.25) is 0 Å². The van der Waals surface area contributed by atoms with Crippen LogP contribution in [0.3, 0.4) is 0 Å². The summed E-state index contributed by atoms with van der Waals surface area (Å²) in [7, 11) is -4.33. The molecule has 1 aromatic carbocycles. The zero-order valence-corrected chi connectivity index (χ0v) is 8.47. The molecular weight excluding hydrogens is 240 g/mol. The van der Waals surface area contributed by atoms with Crippen molar-refractivity contribution in [3.8, 4) is 0 Å². The fourth-order valence-electron chi connectivity index (χ4n) is 0.947. The first-order valence-corrected chi connectivity index (χ1v) is 5.31. The zero-order chi connectivity index (χ0) is 12.3. The van der Waals surface area contributed by atoms with Crippen molar-refractivity contribution in [3.05, 3.63) is 39.9 Å². The predicted octanol–water partition coefficient (Wildman–Crippen LogP) is -0.145. The fraction of sp³-hybridized carbons (Fsp3) is 0. The molecule has 86 valence electrons. The number of nitro groups is 1. The first kappa shape index (κ1) is 11.9. The van der Waals surface area contributed by atoms with E-state index in [0.717, 1.165) is 17.0 Å². The summed E-state index contributed by atoms with van der Waals surface area (Å²) >= 11 is 0. The van der Waals surface area contributed by atoms with E-state index in [4.69, 9.17) is 5.11 Å². The van der Waals surface area contributed by atoms with Crippen LogP contribution in [0.4, 0.5) is 0 Å². The number of aromatic carboxylic acids is 1. The van der Waals surface area contributed by atoms with E-state index in [1.54, 1.807) is 0 Å². The minimum atomic E-state index is -4.33. The number of nitrogens with zero attached hydrogens (tertiary/aromatic N) is 1. The Bertz CT molecular complexity index is 538. The Morgan fingerprint density at radius 3 is 2.56 bits per heavy atom. The highest BCUT2D eigenvalue weighted by molar-refractivity contribution is 7.89. The first-order chi connectivity index (χ1) is 7.33. The summed E-state index contributed by atoms with van der Waals surface area (Å²) in [5.74, 6) is -1.32. The SMILES string of the molecule is O=C(O)c1cccc(S(=O)(=O)N[N+](=O)[O-])c1. The van der Waals surface area contributed by atoms with Crippen LogP contribution >= 0.6 is 0 Å². The maximum Gasteiger partial charge on any atom is 0.335 e. The molecule has 0 aromatic heterocycles. The van der Waals surface area contributed by atoms with Gasteiger partial charge in [0.05, 0.1) is 10.5 Å². The Balaban J connectivity index is 3.19. The summed E-state index contributed by atoms with van der Waals surface area (Å²) in [4.78, 5) is 21.2. The van der Waals surface area contributed by atoms with Crippen molar-refractivity contribution in [2.45, 2.75) is 4.90 Å². The molecule has 0 amide bonds. The molecule has 0 heterocycles. The third-order valence-corrected chi connectivity index (χ3v) is 2.85. The minimum Gasteiger partial charge on any atom is -0.478 e. The largest absolute Gasteiger partial charge is 0.478 e. The predicted molar refractivity (Wildman–Crippen MR) is 50.7 cm³/mol. The van der Waals surface area contributed by atoms with Gasteiger partial charge in [0.1, 0.15) is 0 Å². The molecule has 0 saturated carbocycles. The number of hydrogen-bond acceptors (Lipinski definition) is 5. The van der Waals surface area contributed by atoms with Crippen LogP contribution in [0.2, 0.25) is 0 Å². The van der Waals surface area contributed by atoms with Crippen LogP contribution in [0, 0.1) is 10.1 Å². The molecule has 16 heavy (non-hydrogen) atoms. The molecule has 0 unspecified atom stereocenters. The van der Waals surface area contributed by atoms with Crippen LogP contribution in [0.1, 0.15) is 10.4 Å². The Morgan fingerprint density at radius 2 is 2.06 bits per heavy atom. The Morgan fingerprint density at radius 1 is 1.44 bits per heavy atom. The molecular formula is C7H6N2O6S. The van der Waals surface area contributed by atoms with Gasteiger partial charge in [-0.25, -0.2) is 14.9 Å². The lowest BCUT2D eigenvalue weighted by atomic mass is 10.2. The van der Waals surface area contributed by atoms with Crippen molar-refractivity contribution in [1.29, 1.82) is 0 Å². The normalized spacial score (nSPS) is 10.8. The molecule has 0 bridgehead atoms. The minimum absolute atomic E-state index is 0.272. The highest BCUT2D eigenvalue weighted by Gasteiger charge is 2.20. The Labute approximate surface area is 89.7 Å². The lowest BCUT2D eigenvalue weighted by molar-refractivity contribution is -0.518. The highest BCUT2D eigenvalue weighted by Crippen LogP contribution is 2.11. The van der Waals surface area contributed by atoms with E-state index >= 15 is 0 Å². The Kier molecular flexibility index (Phi) is 3.09. The topological polar surface area (TPSA) is 127 Å². The summed E-state index contributed by atoms with van der Waals surface area (Å²) in [5.41, 5.74) is -0.272. The smallest absolute Gasteiger partial charge is 0.335 e. The molecule has 2 N–H and O–H groups in total. The molecule has 1 rings (SSSR count). The molecule has 0 spiro atoms. The zero-order valence-electron chi connectivity index (χ0n) is 7.65. The van der Waals surface area contributed by atoms with Gasteiger partial charge in [-0.15, -0.1) is 0 Å². The van der Waals surface area contributed by atoms with Gasteiger partial charge in [0.2, 0.25) is 0 Å². The van der Waals surface area contributed by atoms with Gasteiger partial charge in [0, 0.05) is 0 Å². The second-order valence-electron chi connectivity index (χ2n) is 2.68. The van der Waals surface area contributed by atoms with E-state index in [-0.39, 0.29) is 5.56 Å². The molecule has 0 atom stereocenters. The number of rotatable bonds is 4. The van der Waals surface area contributed by atoms with Gasteiger partial charge in [0.15, 0.2) is 5.03 Å². The third-order valence-electron chi connectivity index (χ3n) is 1.59. The van der Waals surface area contributed by atoms with Crippen molar-refractivity contribution in [2.24, 2.45) is 0 Å². The molecule has 9 heteroatoms. The monoisotopic (exact) mass is 246 g/mol. The van der Waals surface area contributed by atoms with Crippen LogP contribution in [0.5, 0.6) is 0 Å². The first-order valence-electron chi connectivity index (χ1n) is 3.83. The second-order valence-corrected chi connectivity index (χ2v) is 4.35. The van der Waals surface area contributed by atoms with Gasteiger partial charge in [0.25, 0.3) is 0 Å². The van der Waals surface area contributed by atoms with Crippen LogP contribution in [-0.2, 0) is 10.0 Å². The maximum atomic E-state index is 11.3. The Hall–Kier alpha value is -2.16. The van der Waals surface area contributed by atoms with E-state index in [0.29, 0.717) is 0 Å². The average Bonchev–Trinajstić information content (AvgIpc) is 2.16. The van der Waals surface area contributed by atoms with Crippen molar-refractivity contribution < 1.29 is 23.4 Å². The summed E-state index contributed by atoms with van der Waals surface area (Å²) in [6, 6.07) is 4.23. The van der Waals surface area contributed by atoms with E-state index < -0.39 is 25.9 Å². The van der Waals surface area contributed by atoms with E-state index in [2.05, 4.69) is 0 Å². The number of hydrogen-bond donors (Lipinski definition) is 2. The van der Waals surface area contributed by atoms with Gasteiger partial charge >= 0.3 is 16.0 Å². The number of benzene rings is 1. The third kappa shape index (κ3) is 2.67. The van der Waals surface area contributed by atoms with Gasteiger partial charge < -0.3 is 5.11 Å². The molecule has 1 aromatic rings. The molecule has 0 saturated heterocycles. The van der Waals surface area contributed by atoms with Gasteiger partial charge in [-0.1, -0.05) is 6.07 Å². The lowest BCUT2D eigenvalue weighted by Crippen LogP contribution is -2.29. The lowest BCUT2D eigenvalue weighted by Gasteiger charge is -2.01. The summed E-state index contributed by atoms with van der Waals surface area (Å²) in [6.45, 7) is 0. The van der Waals surface area contributed by atoms with Gasteiger partial charge in [-0.05, 0) is 23.0 Å². The van der Waals surface area contributed by atoms with Crippen LogP contribution in [-0.4, -0.2) is 24.5 Å². The second kappa shape index (κ2) is 4.14. The number of hydrazine groups is 1. The van der Waals surface area contributed by atoms with Gasteiger partial charge in [-0.2, -0.15) is 8.42 Å². The number of nitrogens with one attached hydrogen (secondary N) is 1. The summed E-state index contributed by atoms with van der Waals surface area (Å²) in [5, 5.41) is 17.4. The number of carboxylic acids is 1. The highest BCUT2D eigenvalue weighted by atomic mass is 32.2. The maximum absolute atomic E-state index is 11.3. The molecule has 8 nitrogen and oxygen atoms in total. The van der Waals surface area contributed by atoms with E-state index in [1.807, 2.05) is 0 Å². The van der Waals surface area contributed by atoms with Crippen molar-refractivity contribution in [3.63, 3.8) is 0 Å². The van der Waals surface area contributed by atoms with Crippen LogP contribution in [0.15, 0.2) is 29.2 Å². The number of carboxylic acid groups (broad SMARTS) is 1. The molecule has 0 aliphatic heterocycles. The van der Waals surface area contributed by atoms with Crippen molar-refractivity contribution in [1.82, 2.24) is 4.83 Å². The van der Waals surface area contributed by atoms with E-state index in [1.165, 1.54) is 12.1 Å². The molecule has 0 radical (unpaired) electrons. The number of sulfonamides is 1. The van der Waals surface area contributed by atoms with E-state index in [9.17, 15) is 23.3 Å². The van der Waals surface area contributed by atoms with Crippen LogP contribution in [0.25, 0.3) is 0 Å². The summed E-state index contributed by atoms with van der Waals surface area (Å²) < 4.78 is 22.5. The van der Waals surface area contributed by atoms with Crippen LogP contribution < -0.4 is 4.83 Å². The average molecular weight is 246 g/mol. The quantitative estimate of drug-likeness (QED) is 0.562. The fourth-order valence-corrected chi connectivity index (χ4v) is 1.79.